The van der Waals surface area contributed by atoms with Gasteiger partial charge in [0, 0.05) is 47.4 Å². The maximum atomic E-state index is 13.1. The molecule has 194 valence electrons. The monoisotopic (exact) mass is 572 g/mol. The zero-order valence-electron chi connectivity index (χ0n) is 21.5. The number of carbonyl (C=O) groups excluding carboxylic acids is 2. The van der Waals surface area contributed by atoms with Crippen molar-refractivity contribution in [2.45, 2.75) is 57.9 Å². The summed E-state index contributed by atoms with van der Waals surface area (Å²) in [6.45, 7) is 5.47. The number of aryl methyl sites for hydroxylation is 1. The van der Waals surface area contributed by atoms with Gasteiger partial charge < -0.3 is 15.0 Å². The number of anilines is 2. The Hall–Kier alpha value is -3.59. The van der Waals surface area contributed by atoms with Crippen LogP contribution in [0.3, 0.4) is 0 Å². The standard InChI is InChI=1S/C29H29BrN6O2/c1-15-8-9-31-27(32-15)22-12-23(22)29(38)35-25-11-20(6-7-21(25)17(3)37)33-16(2)26-14-36-13-19(18-4-5-18)10-24(30)28(36)34-26/h6-11,13-14,16,18,22-23,33H,4-5,12H2,1-3H3,(H,35,38)/t16-,22+,23+/m1/s1. The number of Topliss-reactive ketones (excluding diaryl/α,β-unsaturated/α-hetero) is 1. The molecule has 0 saturated heterocycles. The molecule has 2 fully saturated rings. The molecule has 2 saturated carbocycles. The van der Waals surface area contributed by atoms with Crippen LogP contribution in [0.15, 0.2) is 53.4 Å². The lowest BCUT2D eigenvalue weighted by Gasteiger charge is -2.16. The maximum absolute atomic E-state index is 13.1. The number of nitrogens with one attached hydrogen (secondary N) is 2. The Morgan fingerprint density at radius 1 is 1.13 bits per heavy atom. The van der Waals surface area contributed by atoms with Crippen LogP contribution in [-0.2, 0) is 4.79 Å². The summed E-state index contributed by atoms with van der Waals surface area (Å²) in [6.07, 6.45) is 9.13. The fraction of sp³-hybridized carbons (Fsp3) is 0.345. The first-order valence-electron chi connectivity index (χ1n) is 13.0. The van der Waals surface area contributed by atoms with Crippen LogP contribution in [0.1, 0.15) is 84.1 Å². The zero-order chi connectivity index (χ0) is 26.6. The lowest BCUT2D eigenvalue weighted by molar-refractivity contribution is -0.117. The van der Waals surface area contributed by atoms with Crippen molar-refractivity contribution in [3.63, 3.8) is 0 Å². The van der Waals surface area contributed by atoms with Crippen molar-refractivity contribution in [1.82, 2.24) is 19.4 Å². The van der Waals surface area contributed by atoms with E-state index in [1.165, 1.54) is 25.3 Å². The van der Waals surface area contributed by atoms with Crippen LogP contribution in [0.2, 0.25) is 0 Å². The lowest BCUT2D eigenvalue weighted by Crippen LogP contribution is -2.17. The van der Waals surface area contributed by atoms with Crippen molar-refractivity contribution < 1.29 is 9.59 Å². The third-order valence-electron chi connectivity index (χ3n) is 7.35. The number of hydrogen-bond donors (Lipinski definition) is 2. The largest absolute Gasteiger partial charge is 0.377 e. The first-order valence-corrected chi connectivity index (χ1v) is 13.8. The smallest absolute Gasteiger partial charge is 0.228 e. The number of ketones is 1. The maximum Gasteiger partial charge on any atom is 0.228 e. The number of pyridine rings is 1. The van der Waals surface area contributed by atoms with Crippen LogP contribution >= 0.6 is 15.9 Å². The van der Waals surface area contributed by atoms with E-state index in [-0.39, 0.29) is 29.6 Å². The predicted octanol–water partition coefficient (Wildman–Crippen LogP) is 6.19. The van der Waals surface area contributed by atoms with Crippen molar-refractivity contribution in [2.24, 2.45) is 5.92 Å². The van der Waals surface area contributed by atoms with Crippen LogP contribution < -0.4 is 10.6 Å². The number of amides is 1. The van der Waals surface area contributed by atoms with Gasteiger partial charge in [-0.15, -0.1) is 0 Å². The van der Waals surface area contributed by atoms with Gasteiger partial charge in [-0.2, -0.15) is 0 Å². The average Bonchev–Trinajstić information content (AvgIpc) is 3.80. The molecule has 0 aliphatic heterocycles. The second kappa shape index (κ2) is 9.62. The van der Waals surface area contributed by atoms with Crippen molar-refractivity contribution in [3.8, 4) is 0 Å². The number of benzene rings is 1. The topological polar surface area (TPSA) is 101 Å². The van der Waals surface area contributed by atoms with Gasteiger partial charge in [0.05, 0.1) is 21.9 Å². The molecule has 9 heteroatoms. The van der Waals surface area contributed by atoms with Gasteiger partial charge >= 0.3 is 0 Å². The Bertz CT molecular complexity index is 1580. The molecule has 0 unspecified atom stereocenters. The van der Waals surface area contributed by atoms with Crippen LogP contribution in [-0.4, -0.2) is 31.0 Å². The first-order chi connectivity index (χ1) is 18.3. The van der Waals surface area contributed by atoms with Gasteiger partial charge in [0.2, 0.25) is 5.91 Å². The zero-order valence-corrected chi connectivity index (χ0v) is 23.1. The Morgan fingerprint density at radius 2 is 1.95 bits per heavy atom. The van der Waals surface area contributed by atoms with Crippen molar-refractivity contribution in [2.75, 3.05) is 10.6 Å². The van der Waals surface area contributed by atoms with Gasteiger partial charge in [-0.05, 0) is 97.8 Å². The molecule has 0 radical (unpaired) electrons. The Kier molecular flexibility index (Phi) is 6.26. The van der Waals surface area contributed by atoms with Crippen LogP contribution in [0.5, 0.6) is 0 Å². The molecular formula is C29H29BrN6O2. The number of aromatic nitrogens is 4. The molecule has 6 rings (SSSR count). The SMILES string of the molecule is CC(=O)c1ccc(N[C@H](C)c2cn3cc(C4CC4)cc(Br)c3n2)cc1NC(=O)[C@H]1C[C@@H]1c1nccc(C)n1. The van der Waals surface area contributed by atoms with E-state index in [9.17, 15) is 9.59 Å². The molecule has 1 aromatic carbocycles. The molecule has 3 aromatic heterocycles. The Morgan fingerprint density at radius 3 is 2.68 bits per heavy atom. The molecule has 0 spiro atoms. The number of carbonyl (C=O) groups is 2. The Balaban J connectivity index is 1.19. The third kappa shape index (κ3) is 4.95. The predicted molar refractivity (Wildman–Crippen MR) is 150 cm³/mol. The number of nitrogens with zero attached hydrogens (tertiary/aromatic N) is 4. The first kappa shape index (κ1) is 24.7. The molecule has 0 bridgehead atoms. The highest BCUT2D eigenvalue weighted by atomic mass is 79.9. The molecule has 1 amide bonds. The van der Waals surface area contributed by atoms with Crippen LogP contribution in [0, 0.1) is 12.8 Å². The fourth-order valence-corrected chi connectivity index (χ4v) is 5.51. The van der Waals surface area contributed by atoms with Crippen LogP contribution in [0.4, 0.5) is 11.4 Å². The van der Waals surface area contributed by atoms with E-state index in [1.54, 1.807) is 12.3 Å². The Labute approximate surface area is 229 Å². The van der Waals surface area contributed by atoms with Crippen molar-refractivity contribution in [3.05, 3.63) is 81.7 Å². The van der Waals surface area contributed by atoms with Gasteiger partial charge in [-0.1, -0.05) is 0 Å². The number of fused-ring (bicyclic) bond motifs is 1. The summed E-state index contributed by atoms with van der Waals surface area (Å²) in [5.41, 5.74) is 5.78. The number of halogens is 1. The highest BCUT2D eigenvalue weighted by Gasteiger charge is 2.46. The van der Waals surface area contributed by atoms with Gasteiger partial charge in [0.1, 0.15) is 5.82 Å². The van der Waals surface area contributed by atoms with E-state index < -0.39 is 0 Å². The number of imidazole rings is 1. The summed E-state index contributed by atoms with van der Waals surface area (Å²) in [5, 5.41) is 6.47. The molecule has 3 atom stereocenters. The molecule has 2 N–H and O–H groups in total. The van der Waals surface area contributed by atoms with Gasteiger partial charge in [0.15, 0.2) is 11.4 Å². The van der Waals surface area contributed by atoms with Gasteiger partial charge in [-0.25, -0.2) is 15.0 Å². The van der Waals surface area contributed by atoms with E-state index in [0.717, 1.165) is 27.2 Å². The highest BCUT2D eigenvalue weighted by Crippen LogP contribution is 2.47. The second-order valence-electron chi connectivity index (χ2n) is 10.5. The van der Waals surface area contributed by atoms with Crippen molar-refractivity contribution >= 4 is 44.6 Å². The molecular weight excluding hydrogens is 544 g/mol. The quantitative estimate of drug-likeness (QED) is 0.244. The highest BCUT2D eigenvalue weighted by molar-refractivity contribution is 9.10. The second-order valence-corrected chi connectivity index (χ2v) is 11.3. The summed E-state index contributed by atoms with van der Waals surface area (Å²) < 4.78 is 3.07. The van der Waals surface area contributed by atoms with E-state index >= 15 is 0 Å². The number of hydrogen-bond acceptors (Lipinski definition) is 6. The molecule has 3 heterocycles. The van der Waals surface area contributed by atoms with E-state index in [0.29, 0.717) is 29.4 Å². The summed E-state index contributed by atoms with van der Waals surface area (Å²) >= 11 is 3.68. The summed E-state index contributed by atoms with van der Waals surface area (Å²) in [5.74, 6) is 0.927. The summed E-state index contributed by atoms with van der Waals surface area (Å²) in [7, 11) is 0. The molecule has 4 aromatic rings. The number of rotatable bonds is 8. The van der Waals surface area contributed by atoms with E-state index in [4.69, 9.17) is 4.98 Å². The third-order valence-corrected chi connectivity index (χ3v) is 7.93. The summed E-state index contributed by atoms with van der Waals surface area (Å²) in [4.78, 5) is 39.0. The molecule has 38 heavy (non-hydrogen) atoms. The molecule has 2 aliphatic rings. The molecule has 2 aliphatic carbocycles. The minimum Gasteiger partial charge on any atom is -0.377 e. The normalized spacial score (nSPS) is 19.3. The fourth-order valence-electron chi connectivity index (χ4n) is 4.96. The van der Waals surface area contributed by atoms with E-state index in [2.05, 4.69) is 59.4 Å². The molecule has 8 nitrogen and oxygen atoms in total. The van der Waals surface area contributed by atoms with Gasteiger partial charge in [-0.3, -0.25) is 9.59 Å². The van der Waals surface area contributed by atoms with E-state index in [1.807, 2.05) is 32.0 Å². The average molecular weight is 573 g/mol. The minimum absolute atomic E-state index is 0.00631. The summed E-state index contributed by atoms with van der Waals surface area (Å²) in [6, 6.07) is 9.36. The lowest BCUT2D eigenvalue weighted by atomic mass is 10.1. The van der Waals surface area contributed by atoms with Gasteiger partial charge in [0.25, 0.3) is 0 Å². The minimum atomic E-state index is -0.205. The van der Waals surface area contributed by atoms with Crippen LogP contribution in [0.25, 0.3) is 5.65 Å². The van der Waals surface area contributed by atoms with Crippen molar-refractivity contribution in [1.29, 1.82) is 0 Å².